The molecule has 3 N–H and O–H groups in total. The smallest absolute Gasteiger partial charge is 0.314 e. The first-order chi connectivity index (χ1) is 10.5. The summed E-state index contributed by atoms with van der Waals surface area (Å²) in [5.41, 5.74) is 1.43. The van der Waals surface area contributed by atoms with E-state index in [2.05, 4.69) is 40.8 Å². The monoisotopic (exact) mass is 325 g/mol. The van der Waals surface area contributed by atoms with E-state index in [-0.39, 0.29) is 6.03 Å². The number of hydrogen-bond donors (Lipinski definition) is 3. The van der Waals surface area contributed by atoms with Crippen LogP contribution in [0.25, 0.3) is 0 Å². The Morgan fingerprint density at radius 1 is 1.45 bits per heavy atom. The zero-order chi connectivity index (χ0) is 15.9. The largest absolute Gasteiger partial charge is 0.391 e. The molecule has 1 atom stereocenters. The second kappa shape index (κ2) is 8.50. The molecule has 2 amide bonds. The predicted octanol–water partition coefficient (Wildman–Crippen LogP) is 1.81. The van der Waals surface area contributed by atoms with Gasteiger partial charge in [0.05, 0.1) is 6.10 Å². The maximum Gasteiger partial charge on any atom is 0.314 e. The standard InChI is InChI=1S/C16H27N3O2S/c1-12(2)9-14(20)10-18-16(21)17-5-7-19-6-3-15-13(11-19)4-8-22-15/h4,8,12,14,20H,3,5-7,9-11H2,1-2H3,(H2,17,18,21). The molecule has 0 aromatic carbocycles. The van der Waals surface area contributed by atoms with Crippen molar-refractivity contribution in [2.75, 3.05) is 26.2 Å². The van der Waals surface area contributed by atoms with E-state index in [1.54, 1.807) is 0 Å². The number of rotatable bonds is 7. The highest BCUT2D eigenvalue weighted by molar-refractivity contribution is 7.10. The van der Waals surface area contributed by atoms with Gasteiger partial charge in [-0.3, -0.25) is 4.90 Å². The number of fused-ring (bicyclic) bond motifs is 1. The second-order valence-corrected chi connectivity index (χ2v) is 7.32. The van der Waals surface area contributed by atoms with Crippen LogP contribution in [-0.4, -0.2) is 48.3 Å². The van der Waals surface area contributed by atoms with E-state index in [4.69, 9.17) is 0 Å². The predicted molar refractivity (Wildman–Crippen MR) is 90.2 cm³/mol. The summed E-state index contributed by atoms with van der Waals surface area (Å²) in [4.78, 5) is 15.5. The van der Waals surface area contributed by atoms with E-state index < -0.39 is 6.10 Å². The van der Waals surface area contributed by atoms with Gasteiger partial charge >= 0.3 is 6.03 Å². The fraction of sp³-hybridized carbons (Fsp3) is 0.688. The fourth-order valence-electron chi connectivity index (χ4n) is 2.73. The summed E-state index contributed by atoms with van der Waals surface area (Å²) in [5.74, 6) is 0.431. The molecule has 6 heteroatoms. The summed E-state index contributed by atoms with van der Waals surface area (Å²) in [7, 11) is 0. The van der Waals surface area contributed by atoms with Crippen LogP contribution in [-0.2, 0) is 13.0 Å². The Morgan fingerprint density at radius 3 is 3.05 bits per heavy atom. The number of nitrogens with one attached hydrogen (secondary N) is 2. The molecule has 5 nitrogen and oxygen atoms in total. The molecule has 0 bridgehead atoms. The number of carbonyl (C=O) groups excluding carboxylic acids is 1. The minimum Gasteiger partial charge on any atom is -0.391 e. The van der Waals surface area contributed by atoms with E-state index >= 15 is 0 Å². The molecule has 1 aromatic rings. The van der Waals surface area contributed by atoms with Crippen LogP contribution in [0.15, 0.2) is 11.4 Å². The molecule has 0 saturated heterocycles. The minimum absolute atomic E-state index is 0.198. The zero-order valence-electron chi connectivity index (χ0n) is 13.5. The van der Waals surface area contributed by atoms with E-state index in [1.807, 2.05) is 11.3 Å². The van der Waals surface area contributed by atoms with Crippen molar-refractivity contribution in [1.82, 2.24) is 15.5 Å². The van der Waals surface area contributed by atoms with Crippen LogP contribution in [0.2, 0.25) is 0 Å². The number of aliphatic hydroxyl groups is 1. The zero-order valence-corrected chi connectivity index (χ0v) is 14.3. The maximum absolute atomic E-state index is 11.7. The van der Waals surface area contributed by atoms with Gasteiger partial charge in [0.2, 0.25) is 0 Å². The molecule has 2 heterocycles. The molecule has 0 fully saturated rings. The number of nitrogens with zero attached hydrogens (tertiary/aromatic N) is 1. The third kappa shape index (κ3) is 5.59. The van der Waals surface area contributed by atoms with Gasteiger partial charge < -0.3 is 15.7 Å². The Morgan fingerprint density at radius 2 is 2.27 bits per heavy atom. The molecule has 124 valence electrons. The summed E-state index contributed by atoms with van der Waals surface area (Å²) < 4.78 is 0. The summed E-state index contributed by atoms with van der Waals surface area (Å²) in [6.07, 6.45) is 1.35. The Bertz CT molecular complexity index is 476. The topological polar surface area (TPSA) is 64.6 Å². The van der Waals surface area contributed by atoms with Crippen LogP contribution in [0, 0.1) is 5.92 Å². The Hall–Kier alpha value is -1.11. The van der Waals surface area contributed by atoms with Gasteiger partial charge in [-0.05, 0) is 35.8 Å². The highest BCUT2D eigenvalue weighted by Gasteiger charge is 2.16. The number of amides is 2. The van der Waals surface area contributed by atoms with Crippen LogP contribution >= 0.6 is 11.3 Å². The number of hydrogen-bond acceptors (Lipinski definition) is 4. The Labute approximate surface area is 136 Å². The molecule has 1 aliphatic rings. The normalized spacial score (nSPS) is 16.4. The van der Waals surface area contributed by atoms with Crippen molar-refractivity contribution >= 4 is 17.4 Å². The van der Waals surface area contributed by atoms with Gasteiger partial charge in [-0.25, -0.2) is 4.79 Å². The molecule has 22 heavy (non-hydrogen) atoms. The van der Waals surface area contributed by atoms with E-state index in [0.29, 0.717) is 25.4 Å². The van der Waals surface area contributed by atoms with Crippen molar-refractivity contribution in [3.8, 4) is 0 Å². The summed E-state index contributed by atoms with van der Waals surface area (Å²) >= 11 is 1.84. The average molecular weight is 325 g/mol. The Kier molecular flexibility index (Phi) is 6.67. The molecular weight excluding hydrogens is 298 g/mol. The SMILES string of the molecule is CC(C)CC(O)CNC(=O)NCCN1CCc2sccc2C1. The number of urea groups is 1. The lowest BCUT2D eigenvalue weighted by atomic mass is 10.1. The first kappa shape index (κ1) is 17.2. The molecule has 1 unspecified atom stereocenters. The van der Waals surface area contributed by atoms with Crippen molar-refractivity contribution in [3.63, 3.8) is 0 Å². The van der Waals surface area contributed by atoms with E-state index in [9.17, 15) is 9.90 Å². The van der Waals surface area contributed by atoms with Gasteiger partial charge in [-0.1, -0.05) is 13.8 Å². The van der Waals surface area contributed by atoms with Crippen molar-refractivity contribution < 1.29 is 9.90 Å². The highest BCUT2D eigenvalue weighted by Crippen LogP contribution is 2.23. The van der Waals surface area contributed by atoms with Crippen LogP contribution in [0.5, 0.6) is 0 Å². The number of carbonyl (C=O) groups is 1. The molecule has 1 aliphatic heterocycles. The van der Waals surface area contributed by atoms with Gasteiger partial charge in [0.1, 0.15) is 0 Å². The van der Waals surface area contributed by atoms with Gasteiger partial charge in [0.25, 0.3) is 0 Å². The van der Waals surface area contributed by atoms with Gasteiger partial charge in [0, 0.05) is 37.6 Å². The van der Waals surface area contributed by atoms with Gasteiger partial charge in [-0.15, -0.1) is 11.3 Å². The maximum atomic E-state index is 11.7. The Balaban J connectivity index is 1.58. The number of thiophene rings is 1. The molecule has 2 rings (SSSR count). The third-order valence-electron chi connectivity index (χ3n) is 3.84. The molecule has 0 spiro atoms. The first-order valence-corrected chi connectivity index (χ1v) is 8.90. The highest BCUT2D eigenvalue weighted by atomic mass is 32.1. The van der Waals surface area contributed by atoms with Crippen LogP contribution < -0.4 is 10.6 Å². The van der Waals surface area contributed by atoms with Crippen molar-refractivity contribution in [2.45, 2.75) is 39.3 Å². The lowest BCUT2D eigenvalue weighted by molar-refractivity contribution is 0.146. The van der Waals surface area contributed by atoms with Crippen molar-refractivity contribution in [1.29, 1.82) is 0 Å². The summed E-state index contributed by atoms with van der Waals surface area (Å²) in [6, 6.07) is 2.00. The van der Waals surface area contributed by atoms with Crippen molar-refractivity contribution in [2.24, 2.45) is 5.92 Å². The van der Waals surface area contributed by atoms with E-state index in [1.165, 1.54) is 10.4 Å². The van der Waals surface area contributed by atoms with Crippen molar-refractivity contribution in [3.05, 3.63) is 21.9 Å². The lowest BCUT2D eigenvalue weighted by Crippen LogP contribution is -2.43. The summed E-state index contributed by atoms with van der Waals surface area (Å²) in [5, 5.41) is 17.5. The molecule has 1 aromatic heterocycles. The quantitative estimate of drug-likeness (QED) is 0.716. The second-order valence-electron chi connectivity index (χ2n) is 6.32. The van der Waals surface area contributed by atoms with Gasteiger partial charge in [-0.2, -0.15) is 0 Å². The van der Waals surface area contributed by atoms with Crippen LogP contribution in [0.1, 0.15) is 30.7 Å². The third-order valence-corrected chi connectivity index (χ3v) is 4.87. The summed E-state index contributed by atoms with van der Waals surface area (Å²) in [6.45, 7) is 7.95. The fourth-order valence-corrected chi connectivity index (χ4v) is 3.62. The molecule has 0 radical (unpaired) electrons. The molecule has 0 saturated carbocycles. The number of aliphatic hydroxyl groups excluding tert-OH is 1. The lowest BCUT2D eigenvalue weighted by Gasteiger charge is -2.26. The average Bonchev–Trinajstić information content (AvgIpc) is 2.92. The van der Waals surface area contributed by atoms with Gasteiger partial charge in [0.15, 0.2) is 0 Å². The molecular formula is C16H27N3O2S. The molecule has 0 aliphatic carbocycles. The van der Waals surface area contributed by atoms with Crippen LogP contribution in [0.3, 0.4) is 0 Å². The first-order valence-electron chi connectivity index (χ1n) is 8.02. The minimum atomic E-state index is -0.468. The van der Waals surface area contributed by atoms with Crippen LogP contribution in [0.4, 0.5) is 4.79 Å². The van der Waals surface area contributed by atoms with E-state index in [0.717, 1.165) is 26.1 Å².